The minimum Gasteiger partial charge on any atom is -0.443 e. The molecule has 1 fully saturated rings. The summed E-state index contributed by atoms with van der Waals surface area (Å²) < 4.78 is 45.0. The lowest BCUT2D eigenvalue weighted by Gasteiger charge is -2.39. The first-order valence-corrected chi connectivity index (χ1v) is 12.2. The highest BCUT2D eigenvalue weighted by Gasteiger charge is 2.35. The Labute approximate surface area is 210 Å². The third kappa shape index (κ3) is 7.35. The van der Waals surface area contributed by atoms with E-state index in [-0.39, 0.29) is 17.2 Å². The van der Waals surface area contributed by atoms with E-state index in [0.29, 0.717) is 42.5 Å². The van der Waals surface area contributed by atoms with Crippen LogP contribution >= 0.6 is 0 Å². The predicted octanol–water partition coefficient (Wildman–Crippen LogP) is 6.70. The van der Waals surface area contributed by atoms with Crippen LogP contribution in [-0.4, -0.2) is 52.9 Å². The fourth-order valence-electron chi connectivity index (χ4n) is 4.64. The summed E-state index contributed by atoms with van der Waals surface area (Å²) >= 11 is 0. The second-order valence-electron chi connectivity index (χ2n) is 11.2. The first-order chi connectivity index (χ1) is 16.5. The standard InChI is InChI=1S/C27H36F3N3O3/c1-18(34)31-22-16-33(24(35)36-25(2,3)4)23-8-7-19(15-21(22)23)9-12-26(5,6)20-10-13-32(14-11-20)17-27(28,29)30/h7-9,12,15-16,20H,10-11,13-14,17H2,1-6H3,(H,31,34)/b12-9+. The predicted molar refractivity (Wildman–Crippen MR) is 136 cm³/mol. The SMILES string of the molecule is CC(=O)Nc1cn(C(=O)OC(C)(C)C)c2ccc(/C=C/C(C)(C)C3CCN(CC(F)(F)F)CC3)cc12. The van der Waals surface area contributed by atoms with Crippen molar-refractivity contribution >= 4 is 34.7 Å². The number of rotatable bonds is 5. The number of hydrogen-bond acceptors (Lipinski definition) is 4. The number of piperidine rings is 1. The van der Waals surface area contributed by atoms with Crippen LogP contribution in [0, 0.1) is 11.3 Å². The highest BCUT2D eigenvalue weighted by atomic mass is 19.4. The summed E-state index contributed by atoms with van der Waals surface area (Å²) in [6.45, 7) is 11.0. The summed E-state index contributed by atoms with van der Waals surface area (Å²) in [5, 5.41) is 3.49. The van der Waals surface area contributed by atoms with Gasteiger partial charge in [0.2, 0.25) is 5.91 Å². The number of anilines is 1. The number of fused-ring (bicyclic) bond motifs is 1. The maximum Gasteiger partial charge on any atom is 0.419 e. The minimum atomic E-state index is -4.17. The topological polar surface area (TPSA) is 63.6 Å². The van der Waals surface area contributed by atoms with Gasteiger partial charge in [0.15, 0.2) is 0 Å². The van der Waals surface area contributed by atoms with Crippen LogP contribution in [0.2, 0.25) is 0 Å². The zero-order valence-electron chi connectivity index (χ0n) is 21.8. The molecular weight excluding hydrogens is 471 g/mol. The average molecular weight is 508 g/mol. The highest BCUT2D eigenvalue weighted by molar-refractivity contribution is 6.04. The highest BCUT2D eigenvalue weighted by Crippen LogP contribution is 2.38. The van der Waals surface area contributed by atoms with Crippen molar-refractivity contribution in [2.75, 3.05) is 25.0 Å². The summed E-state index contributed by atoms with van der Waals surface area (Å²) in [6.07, 6.45) is 2.36. The maximum absolute atomic E-state index is 12.7. The van der Waals surface area contributed by atoms with Gasteiger partial charge in [0.1, 0.15) is 5.60 Å². The second-order valence-corrected chi connectivity index (χ2v) is 11.2. The first kappa shape index (κ1) is 27.8. The van der Waals surface area contributed by atoms with Crippen molar-refractivity contribution in [1.82, 2.24) is 9.47 Å². The number of carbonyl (C=O) groups excluding carboxylic acids is 2. The van der Waals surface area contributed by atoms with E-state index in [0.717, 1.165) is 5.56 Å². The molecule has 1 aliphatic rings. The number of nitrogens with one attached hydrogen (secondary N) is 1. The number of benzene rings is 1. The number of carbonyl (C=O) groups is 2. The molecule has 0 spiro atoms. The van der Waals surface area contributed by atoms with Crippen LogP contribution < -0.4 is 5.32 Å². The van der Waals surface area contributed by atoms with E-state index < -0.39 is 24.4 Å². The van der Waals surface area contributed by atoms with E-state index in [4.69, 9.17) is 4.74 Å². The van der Waals surface area contributed by atoms with Gasteiger partial charge in [-0.1, -0.05) is 32.1 Å². The van der Waals surface area contributed by atoms with Crippen molar-refractivity contribution in [3.05, 3.63) is 36.0 Å². The Morgan fingerprint density at radius 1 is 1.11 bits per heavy atom. The number of allylic oxidation sites excluding steroid dienone is 1. The number of halogens is 3. The van der Waals surface area contributed by atoms with Gasteiger partial charge in [-0.25, -0.2) is 4.79 Å². The Balaban J connectivity index is 1.81. The zero-order valence-corrected chi connectivity index (χ0v) is 21.8. The number of likely N-dealkylation sites (tertiary alicyclic amines) is 1. The normalized spacial score (nSPS) is 16.6. The molecular formula is C27H36F3N3O3. The van der Waals surface area contributed by atoms with Gasteiger partial charge in [0, 0.05) is 18.5 Å². The molecule has 0 saturated carbocycles. The molecule has 1 aliphatic heterocycles. The Morgan fingerprint density at radius 2 is 1.75 bits per heavy atom. The third-order valence-corrected chi connectivity index (χ3v) is 6.48. The van der Waals surface area contributed by atoms with Crippen LogP contribution in [0.4, 0.5) is 23.7 Å². The van der Waals surface area contributed by atoms with Gasteiger partial charge in [0.25, 0.3) is 0 Å². The molecule has 2 aromatic rings. The molecule has 1 amide bonds. The lowest BCUT2D eigenvalue weighted by Crippen LogP contribution is -2.42. The Kier molecular flexibility index (Phi) is 7.93. The average Bonchev–Trinajstić information content (AvgIpc) is 3.08. The van der Waals surface area contributed by atoms with Crippen molar-refractivity contribution < 1.29 is 27.5 Å². The van der Waals surface area contributed by atoms with Gasteiger partial charge >= 0.3 is 12.3 Å². The molecule has 0 unspecified atom stereocenters. The van der Waals surface area contributed by atoms with E-state index in [2.05, 4.69) is 25.2 Å². The van der Waals surface area contributed by atoms with Crippen molar-refractivity contribution in [3.63, 3.8) is 0 Å². The van der Waals surface area contributed by atoms with E-state index in [1.54, 1.807) is 27.0 Å². The van der Waals surface area contributed by atoms with E-state index >= 15 is 0 Å². The van der Waals surface area contributed by atoms with E-state index in [1.807, 2.05) is 24.3 Å². The third-order valence-electron chi connectivity index (χ3n) is 6.48. The van der Waals surface area contributed by atoms with Crippen LogP contribution in [-0.2, 0) is 9.53 Å². The summed E-state index contributed by atoms with van der Waals surface area (Å²) in [5.41, 5.74) is 1.14. The minimum absolute atomic E-state index is 0.206. The van der Waals surface area contributed by atoms with Crippen LogP contribution in [0.5, 0.6) is 0 Å². The van der Waals surface area contributed by atoms with Crippen LogP contribution in [0.1, 0.15) is 59.9 Å². The molecule has 1 aromatic carbocycles. The van der Waals surface area contributed by atoms with Gasteiger partial charge < -0.3 is 10.1 Å². The number of amides is 1. The summed E-state index contributed by atoms with van der Waals surface area (Å²) in [7, 11) is 0. The molecule has 0 atom stereocenters. The number of nitrogens with zero attached hydrogens (tertiary/aromatic N) is 2. The number of aromatic nitrogens is 1. The lowest BCUT2D eigenvalue weighted by atomic mass is 9.73. The molecule has 0 radical (unpaired) electrons. The Hall–Kier alpha value is -2.81. The fourth-order valence-corrected chi connectivity index (χ4v) is 4.64. The van der Waals surface area contributed by atoms with E-state index in [1.165, 1.54) is 16.4 Å². The number of alkyl halides is 3. The van der Waals surface area contributed by atoms with Crippen LogP contribution in [0.15, 0.2) is 30.5 Å². The smallest absolute Gasteiger partial charge is 0.419 e. The number of hydrogen-bond donors (Lipinski definition) is 1. The summed E-state index contributed by atoms with van der Waals surface area (Å²) in [4.78, 5) is 26.0. The van der Waals surface area contributed by atoms with Gasteiger partial charge in [-0.05, 0) is 75.7 Å². The molecule has 0 aliphatic carbocycles. The summed E-state index contributed by atoms with van der Waals surface area (Å²) in [6, 6.07) is 5.60. The molecule has 9 heteroatoms. The molecule has 1 saturated heterocycles. The second kappa shape index (κ2) is 10.3. The molecule has 36 heavy (non-hydrogen) atoms. The monoisotopic (exact) mass is 507 g/mol. The van der Waals surface area contributed by atoms with Crippen molar-refractivity contribution in [2.24, 2.45) is 11.3 Å². The molecule has 6 nitrogen and oxygen atoms in total. The molecule has 0 bridgehead atoms. The Bertz CT molecular complexity index is 1130. The van der Waals surface area contributed by atoms with Crippen molar-refractivity contribution in [2.45, 2.75) is 66.2 Å². The maximum atomic E-state index is 12.7. The molecule has 198 valence electrons. The van der Waals surface area contributed by atoms with E-state index in [9.17, 15) is 22.8 Å². The van der Waals surface area contributed by atoms with Crippen LogP contribution in [0.25, 0.3) is 17.0 Å². The molecule has 2 heterocycles. The molecule has 1 N–H and O–H groups in total. The first-order valence-electron chi connectivity index (χ1n) is 12.2. The largest absolute Gasteiger partial charge is 0.443 e. The van der Waals surface area contributed by atoms with Crippen molar-refractivity contribution in [3.8, 4) is 0 Å². The van der Waals surface area contributed by atoms with Gasteiger partial charge in [0.05, 0.1) is 17.7 Å². The Morgan fingerprint density at radius 3 is 2.31 bits per heavy atom. The molecule has 1 aromatic heterocycles. The zero-order chi connectivity index (χ0) is 26.9. The quantitative estimate of drug-likeness (QED) is 0.489. The number of ether oxygens (including phenoxy) is 1. The van der Waals surface area contributed by atoms with Gasteiger partial charge in [-0.3, -0.25) is 14.3 Å². The van der Waals surface area contributed by atoms with Gasteiger partial charge in [-0.2, -0.15) is 13.2 Å². The summed E-state index contributed by atoms with van der Waals surface area (Å²) in [5.74, 6) is 0.0161. The molecule has 3 rings (SSSR count). The van der Waals surface area contributed by atoms with Crippen molar-refractivity contribution in [1.29, 1.82) is 0 Å². The fraction of sp³-hybridized carbons (Fsp3) is 0.556. The van der Waals surface area contributed by atoms with Gasteiger partial charge in [-0.15, -0.1) is 0 Å². The van der Waals surface area contributed by atoms with Crippen LogP contribution in [0.3, 0.4) is 0 Å². The lowest BCUT2D eigenvalue weighted by molar-refractivity contribution is -0.149.